The van der Waals surface area contributed by atoms with Crippen molar-refractivity contribution in [2.75, 3.05) is 12.4 Å². The number of benzene rings is 1. The largest absolute Gasteiger partial charge is 0.748 e. The zero-order valence-electron chi connectivity index (χ0n) is 17.3. The number of esters is 1. The van der Waals surface area contributed by atoms with Gasteiger partial charge in [-0.05, 0) is 79.9 Å². The Bertz CT molecular complexity index is 910. The second-order valence-corrected chi connectivity index (χ2v) is 11.0. The highest BCUT2D eigenvalue weighted by Crippen LogP contribution is 2.63. The van der Waals surface area contributed by atoms with Gasteiger partial charge in [0.1, 0.15) is 12.2 Å². The van der Waals surface area contributed by atoms with Crippen molar-refractivity contribution >= 4 is 16.1 Å². The summed E-state index contributed by atoms with van der Waals surface area (Å²) < 4.78 is 57.7. The molecule has 0 aromatic heterocycles. The number of ether oxygens (including phenoxy) is 2. The van der Waals surface area contributed by atoms with Gasteiger partial charge in [-0.25, -0.2) is 17.6 Å². The van der Waals surface area contributed by atoms with Crippen LogP contribution in [0.5, 0.6) is 5.75 Å². The van der Waals surface area contributed by atoms with Crippen LogP contribution in [0.4, 0.5) is 4.39 Å². The SMILES string of the molecule is CC(C)C1(Oc2cc(C(=O)OCCS(=O)(=O)[O-])ccc2F)CC2C3CCC(C3)C2C1. The van der Waals surface area contributed by atoms with Crippen LogP contribution in [-0.2, 0) is 14.9 Å². The summed E-state index contributed by atoms with van der Waals surface area (Å²) >= 11 is 0. The number of hydrogen-bond donors (Lipinski definition) is 0. The van der Waals surface area contributed by atoms with Gasteiger partial charge in [-0.3, -0.25) is 0 Å². The average Bonchev–Trinajstić information content (AvgIpc) is 3.34. The highest BCUT2D eigenvalue weighted by molar-refractivity contribution is 7.85. The fraction of sp³-hybridized carbons (Fsp3) is 0.682. The molecule has 4 unspecified atom stereocenters. The molecule has 1 aromatic carbocycles. The van der Waals surface area contributed by atoms with Crippen molar-refractivity contribution in [3.8, 4) is 5.75 Å². The van der Waals surface area contributed by atoms with Gasteiger partial charge in [0.25, 0.3) is 0 Å². The maximum atomic E-state index is 14.6. The molecule has 0 radical (unpaired) electrons. The van der Waals surface area contributed by atoms with E-state index in [1.807, 2.05) is 0 Å². The van der Waals surface area contributed by atoms with E-state index < -0.39 is 39.9 Å². The minimum Gasteiger partial charge on any atom is -0.748 e. The van der Waals surface area contributed by atoms with Crippen molar-refractivity contribution < 1.29 is 31.6 Å². The molecule has 1 aromatic rings. The van der Waals surface area contributed by atoms with Crippen LogP contribution in [0.15, 0.2) is 18.2 Å². The Morgan fingerprint density at radius 2 is 1.87 bits per heavy atom. The van der Waals surface area contributed by atoms with Crippen LogP contribution in [0.1, 0.15) is 56.3 Å². The Hall–Kier alpha value is -1.67. The summed E-state index contributed by atoms with van der Waals surface area (Å²) in [6.07, 6.45) is 5.71. The van der Waals surface area contributed by atoms with Crippen molar-refractivity contribution in [1.29, 1.82) is 0 Å². The number of rotatable bonds is 7. The van der Waals surface area contributed by atoms with E-state index >= 15 is 0 Å². The fourth-order valence-corrected chi connectivity index (χ4v) is 6.25. The molecule has 0 aliphatic heterocycles. The first kappa shape index (κ1) is 21.6. The average molecular weight is 440 g/mol. The molecule has 0 amide bonds. The molecular weight excluding hydrogens is 411 g/mol. The molecule has 30 heavy (non-hydrogen) atoms. The van der Waals surface area contributed by atoms with Gasteiger partial charge in [-0.15, -0.1) is 0 Å². The van der Waals surface area contributed by atoms with Crippen LogP contribution in [-0.4, -0.2) is 36.9 Å². The first-order valence-corrected chi connectivity index (χ1v) is 12.2. The van der Waals surface area contributed by atoms with E-state index in [-0.39, 0.29) is 17.2 Å². The number of carbonyl (C=O) groups is 1. The predicted octanol–water partition coefficient (Wildman–Crippen LogP) is 3.76. The molecule has 0 saturated heterocycles. The van der Waals surface area contributed by atoms with Crippen molar-refractivity contribution in [2.45, 2.75) is 51.6 Å². The minimum absolute atomic E-state index is 0.0157. The predicted molar refractivity (Wildman–Crippen MR) is 106 cm³/mol. The van der Waals surface area contributed by atoms with Gasteiger partial charge >= 0.3 is 5.97 Å². The molecule has 3 aliphatic rings. The van der Waals surface area contributed by atoms with Crippen molar-refractivity contribution in [1.82, 2.24) is 0 Å². The zero-order chi connectivity index (χ0) is 21.7. The lowest BCUT2D eigenvalue weighted by Crippen LogP contribution is -2.40. The van der Waals surface area contributed by atoms with E-state index in [1.165, 1.54) is 31.4 Å². The van der Waals surface area contributed by atoms with Crippen molar-refractivity contribution in [3.63, 3.8) is 0 Å². The van der Waals surface area contributed by atoms with E-state index in [2.05, 4.69) is 13.8 Å². The maximum Gasteiger partial charge on any atom is 0.338 e. The van der Waals surface area contributed by atoms with Crippen LogP contribution in [0.3, 0.4) is 0 Å². The van der Waals surface area contributed by atoms with Crippen LogP contribution in [0.2, 0.25) is 0 Å². The molecule has 0 spiro atoms. The second kappa shape index (κ2) is 7.79. The fourth-order valence-electron chi connectivity index (χ4n) is 5.97. The Labute approximate surface area is 176 Å². The van der Waals surface area contributed by atoms with Gasteiger partial charge in [-0.1, -0.05) is 13.8 Å². The molecule has 4 atom stereocenters. The lowest BCUT2D eigenvalue weighted by atomic mass is 9.82. The molecule has 3 saturated carbocycles. The van der Waals surface area contributed by atoms with Gasteiger partial charge in [0.2, 0.25) is 0 Å². The summed E-state index contributed by atoms with van der Waals surface area (Å²) in [6.45, 7) is 3.66. The molecule has 166 valence electrons. The molecule has 6 nitrogen and oxygen atoms in total. The zero-order valence-corrected chi connectivity index (χ0v) is 18.1. The van der Waals surface area contributed by atoms with E-state index in [0.717, 1.165) is 30.7 Å². The summed E-state index contributed by atoms with van der Waals surface area (Å²) in [6, 6.07) is 3.74. The van der Waals surface area contributed by atoms with Crippen LogP contribution >= 0.6 is 0 Å². The topological polar surface area (TPSA) is 92.7 Å². The van der Waals surface area contributed by atoms with Crippen LogP contribution in [0, 0.1) is 35.4 Å². The third kappa shape index (κ3) is 4.08. The maximum absolute atomic E-state index is 14.6. The molecule has 8 heteroatoms. The Balaban J connectivity index is 1.50. The van der Waals surface area contributed by atoms with Crippen molar-refractivity contribution in [3.05, 3.63) is 29.6 Å². The third-order valence-corrected chi connectivity index (χ3v) is 8.20. The molecule has 3 fully saturated rings. The van der Waals surface area contributed by atoms with Crippen molar-refractivity contribution in [2.24, 2.45) is 29.6 Å². The Kier molecular flexibility index (Phi) is 5.60. The molecule has 4 rings (SSSR count). The monoisotopic (exact) mass is 439 g/mol. The van der Waals surface area contributed by atoms with E-state index in [0.29, 0.717) is 11.8 Å². The number of fused-ring (bicyclic) bond motifs is 5. The summed E-state index contributed by atoms with van der Waals surface area (Å²) in [5.41, 5.74) is -0.400. The second-order valence-electron chi connectivity index (χ2n) is 9.43. The molecular formula is C22H28FO6S-. The van der Waals surface area contributed by atoms with Gasteiger partial charge < -0.3 is 14.0 Å². The number of halogens is 1. The molecule has 0 heterocycles. The summed E-state index contributed by atoms with van der Waals surface area (Å²) in [4.78, 5) is 12.2. The highest BCUT2D eigenvalue weighted by Gasteiger charge is 2.58. The Morgan fingerprint density at radius 1 is 1.23 bits per heavy atom. The smallest absolute Gasteiger partial charge is 0.338 e. The van der Waals surface area contributed by atoms with Gasteiger partial charge in [-0.2, -0.15) is 0 Å². The summed E-state index contributed by atoms with van der Waals surface area (Å²) in [5, 5.41) is 0. The van der Waals surface area contributed by atoms with E-state index in [9.17, 15) is 22.2 Å². The summed E-state index contributed by atoms with van der Waals surface area (Å²) in [7, 11) is -4.47. The normalized spacial score (nSPS) is 32.4. The van der Waals surface area contributed by atoms with Gasteiger partial charge in [0, 0.05) is 0 Å². The number of carbonyl (C=O) groups excluding carboxylic acids is 1. The number of hydrogen-bond acceptors (Lipinski definition) is 6. The first-order valence-electron chi connectivity index (χ1n) is 10.7. The summed E-state index contributed by atoms with van der Waals surface area (Å²) in [5.74, 6) is 0.831. The van der Waals surface area contributed by atoms with Gasteiger partial charge in [0.15, 0.2) is 11.6 Å². The molecule has 0 N–H and O–H groups in total. The van der Waals surface area contributed by atoms with Crippen LogP contribution < -0.4 is 4.74 Å². The molecule has 3 aliphatic carbocycles. The van der Waals surface area contributed by atoms with Crippen LogP contribution in [0.25, 0.3) is 0 Å². The van der Waals surface area contributed by atoms with E-state index in [1.54, 1.807) is 0 Å². The molecule has 2 bridgehead atoms. The quantitative estimate of drug-likeness (QED) is 0.474. The third-order valence-electron chi connectivity index (χ3n) is 7.54. The lowest BCUT2D eigenvalue weighted by Gasteiger charge is -2.36. The lowest BCUT2D eigenvalue weighted by molar-refractivity contribution is 0.0140. The minimum atomic E-state index is -4.47. The Morgan fingerprint density at radius 3 is 2.43 bits per heavy atom. The van der Waals surface area contributed by atoms with E-state index in [4.69, 9.17) is 9.47 Å². The highest BCUT2D eigenvalue weighted by atomic mass is 32.2. The standard InChI is InChI=1S/C22H29FO6S/c1-13(2)22(11-17-14-3-4-15(9-14)18(17)12-22)29-20-10-16(5-6-19(20)23)21(24)28-7-8-30(25,26)27/h5-6,10,13-15,17-18H,3-4,7-9,11-12H2,1-2H3,(H,25,26,27)/p-1. The van der Waals surface area contributed by atoms with Gasteiger partial charge in [0.05, 0.1) is 21.4 Å². The first-order chi connectivity index (χ1) is 14.1.